The van der Waals surface area contributed by atoms with Crippen LogP contribution in [0, 0.1) is 0 Å². The summed E-state index contributed by atoms with van der Waals surface area (Å²) in [6.45, 7) is 3.58. The molecule has 128 valence electrons. The third-order valence-electron chi connectivity index (χ3n) is 4.12. The molecule has 0 aliphatic carbocycles. The molecular weight excluding hydrogens is 307 g/mol. The predicted octanol–water partition coefficient (Wildman–Crippen LogP) is 3.56. The van der Waals surface area contributed by atoms with Crippen molar-refractivity contribution in [2.45, 2.75) is 57.3 Å². The lowest BCUT2D eigenvalue weighted by Crippen LogP contribution is -2.44. The second-order valence-electron chi connectivity index (χ2n) is 6.71. The van der Waals surface area contributed by atoms with Crippen LogP contribution in [0.15, 0.2) is 24.3 Å². The maximum absolute atomic E-state index is 12.9. The van der Waals surface area contributed by atoms with Crippen LogP contribution in [0.4, 0.5) is 13.2 Å². The van der Waals surface area contributed by atoms with Gasteiger partial charge in [-0.25, -0.2) is 0 Å². The number of halogens is 3. The predicted molar refractivity (Wildman–Crippen MR) is 81.2 cm³/mol. The molecule has 1 aliphatic rings. The van der Waals surface area contributed by atoms with Crippen LogP contribution in [0.1, 0.15) is 49.0 Å². The molecule has 1 aliphatic heterocycles. The van der Waals surface area contributed by atoms with Crippen LogP contribution in [-0.2, 0) is 6.42 Å². The van der Waals surface area contributed by atoms with Crippen LogP contribution in [-0.4, -0.2) is 40.3 Å². The van der Waals surface area contributed by atoms with Gasteiger partial charge in [-0.05, 0) is 57.2 Å². The summed E-state index contributed by atoms with van der Waals surface area (Å²) in [6, 6.07) is 4.92. The number of nitrogens with zero attached hydrogens (tertiary/aromatic N) is 1. The summed E-state index contributed by atoms with van der Waals surface area (Å²) in [5.74, 6) is -0.570. The van der Waals surface area contributed by atoms with E-state index < -0.39 is 23.7 Å². The molecule has 0 aromatic heterocycles. The monoisotopic (exact) mass is 329 g/mol. The average Bonchev–Trinajstić information content (AvgIpc) is 2.93. The average molecular weight is 329 g/mol. The molecule has 0 saturated carbocycles. The minimum atomic E-state index is -4.38. The quantitative estimate of drug-likeness (QED) is 0.917. The normalized spacial score (nSPS) is 19.2. The van der Waals surface area contributed by atoms with E-state index in [1.807, 2.05) is 0 Å². The van der Waals surface area contributed by atoms with Gasteiger partial charge in [-0.15, -0.1) is 0 Å². The van der Waals surface area contributed by atoms with Crippen molar-refractivity contribution >= 4 is 5.91 Å². The van der Waals surface area contributed by atoms with Gasteiger partial charge in [0, 0.05) is 12.1 Å². The van der Waals surface area contributed by atoms with Gasteiger partial charge in [-0.3, -0.25) is 4.79 Å². The lowest BCUT2D eigenvalue weighted by Gasteiger charge is -2.26. The van der Waals surface area contributed by atoms with Crippen LogP contribution in [0.3, 0.4) is 0 Å². The van der Waals surface area contributed by atoms with Gasteiger partial charge in [0.25, 0.3) is 5.91 Å². The minimum Gasteiger partial charge on any atom is -0.390 e. The molecule has 1 aromatic rings. The van der Waals surface area contributed by atoms with E-state index in [4.69, 9.17) is 0 Å². The van der Waals surface area contributed by atoms with Crippen molar-refractivity contribution in [3.63, 3.8) is 0 Å². The van der Waals surface area contributed by atoms with E-state index in [9.17, 15) is 23.1 Å². The zero-order valence-electron chi connectivity index (χ0n) is 13.4. The summed E-state index contributed by atoms with van der Waals surface area (Å²) in [7, 11) is 0. The van der Waals surface area contributed by atoms with Crippen LogP contribution >= 0.6 is 0 Å². The maximum atomic E-state index is 12.9. The first-order chi connectivity index (χ1) is 10.6. The Bertz CT molecular complexity index is 546. The number of carbonyl (C=O) groups is 1. The second-order valence-corrected chi connectivity index (χ2v) is 6.71. The summed E-state index contributed by atoms with van der Waals surface area (Å²) < 4.78 is 38.8. The van der Waals surface area contributed by atoms with Crippen molar-refractivity contribution in [2.24, 2.45) is 0 Å². The van der Waals surface area contributed by atoms with Crippen molar-refractivity contribution in [3.8, 4) is 0 Å². The number of likely N-dealkylation sites (tertiary alicyclic amines) is 1. The number of rotatable bonds is 4. The van der Waals surface area contributed by atoms with E-state index >= 15 is 0 Å². The fraction of sp³-hybridized carbons (Fsp3) is 0.588. The smallest absolute Gasteiger partial charge is 0.390 e. The number of aryl methyl sites for hydroxylation is 1. The van der Waals surface area contributed by atoms with E-state index in [1.54, 1.807) is 38.1 Å². The lowest BCUT2D eigenvalue weighted by molar-refractivity contribution is -0.169. The van der Waals surface area contributed by atoms with Crippen molar-refractivity contribution in [1.29, 1.82) is 0 Å². The van der Waals surface area contributed by atoms with Crippen LogP contribution < -0.4 is 0 Å². The van der Waals surface area contributed by atoms with Crippen LogP contribution in [0.2, 0.25) is 0 Å². The molecule has 2 rings (SSSR count). The number of alkyl halides is 3. The molecular formula is C17H22F3NO2. The zero-order chi connectivity index (χ0) is 17.3. The molecule has 0 radical (unpaired) electrons. The standard InChI is InChI=1S/C17H22F3NO2/c1-16(2,23)10-9-12-5-7-13(8-6-12)15(22)21-11-3-4-14(21)17(18,19)20/h5-8,14,23H,3-4,9-11H2,1-2H3. The van der Waals surface area contributed by atoms with Gasteiger partial charge in [0.05, 0.1) is 5.60 Å². The Kier molecular flexibility index (Phi) is 5.04. The summed E-state index contributed by atoms with van der Waals surface area (Å²) in [5, 5.41) is 9.70. The van der Waals surface area contributed by atoms with Gasteiger partial charge >= 0.3 is 6.18 Å². The fourth-order valence-corrected chi connectivity index (χ4v) is 2.78. The van der Waals surface area contributed by atoms with Crippen LogP contribution in [0.25, 0.3) is 0 Å². The number of hydrogen-bond donors (Lipinski definition) is 1. The van der Waals surface area contributed by atoms with Gasteiger partial charge in [-0.2, -0.15) is 13.2 Å². The first-order valence-corrected chi connectivity index (χ1v) is 7.77. The summed E-state index contributed by atoms with van der Waals surface area (Å²) >= 11 is 0. The van der Waals surface area contributed by atoms with E-state index in [1.165, 1.54) is 0 Å². The third-order valence-corrected chi connectivity index (χ3v) is 4.12. The van der Waals surface area contributed by atoms with E-state index in [2.05, 4.69) is 0 Å². The zero-order valence-corrected chi connectivity index (χ0v) is 13.4. The molecule has 0 spiro atoms. The molecule has 1 fully saturated rings. The topological polar surface area (TPSA) is 40.5 Å². The maximum Gasteiger partial charge on any atom is 0.408 e. The van der Waals surface area contributed by atoms with Gasteiger partial charge in [0.1, 0.15) is 6.04 Å². The summed E-state index contributed by atoms with van der Waals surface area (Å²) in [6.07, 6.45) is -2.81. The minimum absolute atomic E-state index is 0.0289. The molecule has 1 unspecified atom stereocenters. The Balaban J connectivity index is 2.05. The molecule has 1 atom stereocenters. The molecule has 0 bridgehead atoms. The number of carbonyl (C=O) groups excluding carboxylic acids is 1. The molecule has 3 nitrogen and oxygen atoms in total. The number of hydrogen-bond acceptors (Lipinski definition) is 2. The third kappa shape index (κ3) is 4.70. The Labute approximate surface area is 134 Å². The SMILES string of the molecule is CC(C)(O)CCc1ccc(C(=O)N2CCCC2C(F)(F)F)cc1. The van der Waals surface area contributed by atoms with Crippen molar-refractivity contribution in [1.82, 2.24) is 4.90 Å². The molecule has 1 amide bonds. The second kappa shape index (κ2) is 6.51. The molecule has 1 heterocycles. The van der Waals surface area contributed by atoms with Gasteiger partial charge in [-0.1, -0.05) is 12.1 Å². The highest BCUT2D eigenvalue weighted by molar-refractivity contribution is 5.94. The van der Waals surface area contributed by atoms with Gasteiger partial charge in [0.2, 0.25) is 0 Å². The first-order valence-electron chi connectivity index (χ1n) is 7.77. The Morgan fingerprint density at radius 3 is 2.39 bits per heavy atom. The Morgan fingerprint density at radius 1 is 1.26 bits per heavy atom. The van der Waals surface area contributed by atoms with Crippen molar-refractivity contribution in [2.75, 3.05) is 6.54 Å². The number of benzene rings is 1. The molecule has 1 saturated heterocycles. The van der Waals surface area contributed by atoms with Gasteiger partial charge in [0.15, 0.2) is 0 Å². The van der Waals surface area contributed by atoms with Crippen LogP contribution in [0.5, 0.6) is 0 Å². The van der Waals surface area contributed by atoms with E-state index in [0.29, 0.717) is 19.3 Å². The highest BCUT2D eigenvalue weighted by Gasteiger charge is 2.47. The first kappa shape index (κ1) is 17.8. The Hall–Kier alpha value is -1.56. The molecule has 1 N–H and O–H groups in total. The fourth-order valence-electron chi connectivity index (χ4n) is 2.78. The van der Waals surface area contributed by atoms with E-state index in [-0.39, 0.29) is 18.5 Å². The molecule has 1 aromatic carbocycles. The highest BCUT2D eigenvalue weighted by Crippen LogP contribution is 2.33. The number of aliphatic hydroxyl groups is 1. The van der Waals surface area contributed by atoms with Crippen molar-refractivity contribution < 1.29 is 23.1 Å². The number of amides is 1. The molecule has 23 heavy (non-hydrogen) atoms. The van der Waals surface area contributed by atoms with Gasteiger partial charge < -0.3 is 10.0 Å². The lowest BCUT2D eigenvalue weighted by atomic mass is 9.98. The summed E-state index contributed by atoms with van der Waals surface area (Å²) in [5.41, 5.74) is 0.440. The molecule has 6 heteroatoms. The summed E-state index contributed by atoms with van der Waals surface area (Å²) in [4.78, 5) is 13.2. The highest BCUT2D eigenvalue weighted by atomic mass is 19.4. The van der Waals surface area contributed by atoms with Crippen molar-refractivity contribution in [3.05, 3.63) is 35.4 Å². The largest absolute Gasteiger partial charge is 0.408 e. The Morgan fingerprint density at radius 2 is 1.87 bits per heavy atom. The van der Waals surface area contributed by atoms with E-state index in [0.717, 1.165) is 10.5 Å².